The first-order valence-electron chi connectivity index (χ1n) is 20.6. The Morgan fingerprint density at radius 2 is 0.689 bits per heavy atom. The van der Waals surface area contributed by atoms with E-state index in [0.29, 0.717) is 17.5 Å². The van der Waals surface area contributed by atoms with Crippen LogP contribution in [-0.4, -0.2) is 19.9 Å². The van der Waals surface area contributed by atoms with Gasteiger partial charge in [0.2, 0.25) is 0 Å². The second-order valence-corrected chi connectivity index (χ2v) is 15.4. The molecule has 0 fully saturated rings. The standard InChI is InChI=1S/C57H38N4/c1-5-15-42(16-6-1)53-36-34-46(38-58-53)56-60-54(43-17-7-2-8-18-43)59-55(61-56)44-31-29-40(30-32-44)39-25-27-41(28-26-39)45-33-35-52-50(37-45)49-23-13-14-24-51(49)57(52,47-19-9-3-10-20-47)48-21-11-4-12-22-48/h1-38H. The fourth-order valence-corrected chi connectivity index (χ4v) is 8.95. The minimum atomic E-state index is -0.402. The van der Waals surface area contributed by atoms with E-state index in [1.807, 2.05) is 66.9 Å². The molecule has 0 saturated heterocycles. The van der Waals surface area contributed by atoms with Crippen molar-refractivity contribution in [3.05, 3.63) is 253 Å². The van der Waals surface area contributed by atoms with Gasteiger partial charge in [-0.15, -0.1) is 0 Å². The van der Waals surface area contributed by atoms with E-state index >= 15 is 0 Å². The van der Waals surface area contributed by atoms with Gasteiger partial charge in [0, 0.05) is 28.5 Å². The summed E-state index contributed by atoms with van der Waals surface area (Å²) in [5, 5.41) is 0. The van der Waals surface area contributed by atoms with E-state index in [1.54, 1.807) is 0 Å². The van der Waals surface area contributed by atoms with Crippen LogP contribution >= 0.6 is 0 Å². The van der Waals surface area contributed by atoms with Crippen molar-refractivity contribution in [2.45, 2.75) is 5.41 Å². The Labute approximate surface area is 355 Å². The Morgan fingerprint density at radius 1 is 0.279 bits per heavy atom. The lowest BCUT2D eigenvalue weighted by Crippen LogP contribution is -2.28. The van der Waals surface area contributed by atoms with Gasteiger partial charge in [0.1, 0.15) is 0 Å². The smallest absolute Gasteiger partial charge is 0.165 e. The predicted molar refractivity (Wildman–Crippen MR) is 248 cm³/mol. The van der Waals surface area contributed by atoms with Crippen molar-refractivity contribution in [2.24, 2.45) is 0 Å². The minimum absolute atomic E-state index is 0.402. The van der Waals surface area contributed by atoms with Crippen molar-refractivity contribution in [3.8, 4) is 78.8 Å². The van der Waals surface area contributed by atoms with Crippen LogP contribution in [0.2, 0.25) is 0 Å². The van der Waals surface area contributed by atoms with Crippen molar-refractivity contribution in [3.63, 3.8) is 0 Å². The van der Waals surface area contributed by atoms with Gasteiger partial charge in [0.25, 0.3) is 0 Å². The summed E-state index contributed by atoms with van der Waals surface area (Å²) >= 11 is 0. The van der Waals surface area contributed by atoms with E-state index in [-0.39, 0.29) is 0 Å². The number of pyridine rings is 1. The first kappa shape index (κ1) is 36.0. The van der Waals surface area contributed by atoms with Crippen LogP contribution in [-0.2, 0) is 5.41 Å². The topological polar surface area (TPSA) is 51.6 Å². The van der Waals surface area contributed by atoms with Crippen molar-refractivity contribution >= 4 is 0 Å². The molecule has 0 unspecified atom stereocenters. The van der Waals surface area contributed by atoms with Crippen molar-refractivity contribution < 1.29 is 0 Å². The molecular formula is C57H38N4. The van der Waals surface area contributed by atoms with Gasteiger partial charge in [-0.05, 0) is 73.8 Å². The zero-order valence-corrected chi connectivity index (χ0v) is 33.2. The molecule has 0 spiro atoms. The second kappa shape index (κ2) is 15.3. The highest BCUT2D eigenvalue weighted by Gasteiger charge is 2.45. The molecule has 1 aliphatic rings. The number of aromatic nitrogens is 4. The Hall–Kier alpha value is -8.08. The molecule has 2 aromatic heterocycles. The normalized spacial score (nSPS) is 12.4. The highest BCUT2D eigenvalue weighted by atomic mass is 15.0. The molecule has 1 aliphatic carbocycles. The van der Waals surface area contributed by atoms with Gasteiger partial charge in [-0.3, -0.25) is 4.98 Å². The molecule has 0 bridgehead atoms. The molecule has 0 aliphatic heterocycles. The van der Waals surface area contributed by atoms with Crippen molar-refractivity contribution in [2.75, 3.05) is 0 Å². The molecule has 61 heavy (non-hydrogen) atoms. The van der Waals surface area contributed by atoms with E-state index in [4.69, 9.17) is 19.9 Å². The highest BCUT2D eigenvalue weighted by molar-refractivity contribution is 5.89. The number of fused-ring (bicyclic) bond motifs is 3. The average Bonchev–Trinajstić information content (AvgIpc) is 3.65. The van der Waals surface area contributed by atoms with Crippen LogP contribution in [0.3, 0.4) is 0 Å². The van der Waals surface area contributed by atoms with Gasteiger partial charge >= 0.3 is 0 Å². The minimum Gasteiger partial charge on any atom is -0.255 e. The zero-order valence-electron chi connectivity index (χ0n) is 33.2. The summed E-state index contributed by atoms with van der Waals surface area (Å²) < 4.78 is 0. The van der Waals surface area contributed by atoms with E-state index in [2.05, 4.69) is 164 Å². The molecule has 4 nitrogen and oxygen atoms in total. The number of benzene rings is 8. The monoisotopic (exact) mass is 778 g/mol. The molecule has 0 amide bonds. The summed E-state index contributed by atoms with van der Waals surface area (Å²) in [6.45, 7) is 0. The summed E-state index contributed by atoms with van der Waals surface area (Å²) in [6, 6.07) is 79.4. The van der Waals surface area contributed by atoms with Crippen LogP contribution < -0.4 is 0 Å². The quantitative estimate of drug-likeness (QED) is 0.154. The van der Waals surface area contributed by atoms with Crippen LogP contribution in [0.25, 0.3) is 78.8 Å². The van der Waals surface area contributed by atoms with Crippen molar-refractivity contribution in [1.82, 2.24) is 19.9 Å². The van der Waals surface area contributed by atoms with E-state index in [9.17, 15) is 0 Å². The second-order valence-electron chi connectivity index (χ2n) is 15.4. The lowest BCUT2D eigenvalue weighted by Gasteiger charge is -2.33. The molecule has 0 atom stereocenters. The molecule has 286 valence electrons. The average molecular weight is 779 g/mol. The van der Waals surface area contributed by atoms with Crippen LogP contribution in [0.5, 0.6) is 0 Å². The molecular weight excluding hydrogens is 741 g/mol. The number of nitrogens with zero attached hydrogens (tertiary/aromatic N) is 4. The maximum Gasteiger partial charge on any atom is 0.165 e. The molecule has 11 rings (SSSR count). The maximum absolute atomic E-state index is 4.97. The van der Waals surface area contributed by atoms with E-state index in [0.717, 1.165) is 39.1 Å². The Balaban J connectivity index is 0.909. The molecule has 0 saturated carbocycles. The largest absolute Gasteiger partial charge is 0.255 e. The number of rotatable bonds is 8. The van der Waals surface area contributed by atoms with Crippen molar-refractivity contribution in [1.29, 1.82) is 0 Å². The fourth-order valence-electron chi connectivity index (χ4n) is 8.95. The van der Waals surface area contributed by atoms with Gasteiger partial charge in [0.15, 0.2) is 17.5 Å². The first-order valence-corrected chi connectivity index (χ1v) is 20.6. The number of hydrogen-bond donors (Lipinski definition) is 0. The first-order chi connectivity index (χ1) is 30.2. The molecule has 2 heterocycles. The summed E-state index contributed by atoms with van der Waals surface area (Å²) in [5.74, 6) is 1.81. The molecule has 8 aromatic carbocycles. The third kappa shape index (κ3) is 6.42. The third-order valence-corrected chi connectivity index (χ3v) is 11.9. The van der Waals surface area contributed by atoms with Crippen LogP contribution in [0, 0.1) is 0 Å². The van der Waals surface area contributed by atoms with Gasteiger partial charge in [-0.1, -0.05) is 206 Å². The Bertz CT molecular complexity index is 3090. The summed E-state index contributed by atoms with van der Waals surface area (Å²) in [4.78, 5) is 19.6. The molecule has 0 N–H and O–H groups in total. The molecule has 0 radical (unpaired) electrons. The van der Waals surface area contributed by atoms with Crippen LogP contribution in [0.4, 0.5) is 0 Å². The van der Waals surface area contributed by atoms with Gasteiger partial charge in [0.05, 0.1) is 11.1 Å². The Kier molecular flexibility index (Phi) is 9.02. The molecule has 10 aromatic rings. The summed E-state index contributed by atoms with van der Waals surface area (Å²) in [5.41, 5.74) is 16.6. The van der Waals surface area contributed by atoms with Gasteiger partial charge < -0.3 is 0 Å². The highest BCUT2D eigenvalue weighted by Crippen LogP contribution is 2.56. The summed E-state index contributed by atoms with van der Waals surface area (Å²) in [7, 11) is 0. The van der Waals surface area contributed by atoms with E-state index < -0.39 is 5.41 Å². The SMILES string of the molecule is c1ccc(-c2ccc(-c3nc(-c4ccccc4)nc(-c4ccc(-c5ccc(-c6ccc7c(c6)-c6ccccc6C7(c6ccccc6)c6ccccc6)cc5)cc4)n3)cn2)cc1. The Morgan fingerprint density at radius 3 is 1.25 bits per heavy atom. The lowest BCUT2D eigenvalue weighted by molar-refractivity contribution is 0.768. The predicted octanol–water partition coefficient (Wildman–Crippen LogP) is 13.6. The van der Waals surface area contributed by atoms with Crippen LogP contribution in [0.1, 0.15) is 22.3 Å². The van der Waals surface area contributed by atoms with Crippen LogP contribution in [0.15, 0.2) is 231 Å². The third-order valence-electron chi connectivity index (χ3n) is 11.9. The molecule has 4 heteroatoms. The van der Waals surface area contributed by atoms with Gasteiger partial charge in [-0.25, -0.2) is 15.0 Å². The fraction of sp³-hybridized carbons (Fsp3) is 0.0175. The summed E-state index contributed by atoms with van der Waals surface area (Å²) in [6.07, 6.45) is 1.84. The maximum atomic E-state index is 4.97. The zero-order chi connectivity index (χ0) is 40.6. The number of hydrogen-bond acceptors (Lipinski definition) is 4. The lowest BCUT2D eigenvalue weighted by atomic mass is 9.67. The van der Waals surface area contributed by atoms with E-state index in [1.165, 1.54) is 44.5 Å². The van der Waals surface area contributed by atoms with Gasteiger partial charge in [-0.2, -0.15) is 0 Å².